The van der Waals surface area contributed by atoms with Crippen LogP contribution in [-0.4, -0.2) is 48.9 Å². The maximum absolute atomic E-state index is 12.7. The number of phenols is 1. The van der Waals surface area contributed by atoms with Crippen LogP contribution in [0.4, 0.5) is 10.5 Å². The fraction of sp³-hybridized carbons (Fsp3) is 0.273. The molecule has 0 saturated carbocycles. The minimum Gasteiger partial charge on any atom is -0.504 e. The first kappa shape index (κ1) is 23.7. The quantitative estimate of drug-likeness (QED) is 0.252. The highest BCUT2D eigenvalue weighted by Gasteiger charge is 2.28. The van der Waals surface area contributed by atoms with Gasteiger partial charge in [0.05, 0.1) is 7.11 Å². The van der Waals surface area contributed by atoms with Crippen LogP contribution in [-0.2, 0) is 14.3 Å². The molecule has 2 amide bonds. The van der Waals surface area contributed by atoms with Gasteiger partial charge in [0.1, 0.15) is 6.10 Å². The number of fused-ring (bicyclic) bond motifs is 1. The molecule has 0 fully saturated rings. The average Bonchev–Trinajstić information content (AvgIpc) is 3.28. The third-order valence-corrected chi connectivity index (χ3v) is 4.59. The summed E-state index contributed by atoms with van der Waals surface area (Å²) in [7, 11) is 1.40. The van der Waals surface area contributed by atoms with E-state index in [2.05, 4.69) is 5.32 Å². The standard InChI is InChI=1S/C22H24N2O9/c1-3-30-18(8-9-20(26)24-28)21(13-4-6-16(29-2)15(25)10-13)33-22(27)23-14-5-7-17-19(11-14)32-12-31-17/h4-11,18,21,25,28H,3,12H2,1-2H3,(H,23,27)(H,24,26)/b9-8+/t18-,21-/m0/s1. The zero-order valence-electron chi connectivity index (χ0n) is 17.9. The van der Waals surface area contributed by atoms with Crippen LogP contribution < -0.4 is 25.0 Å². The lowest BCUT2D eigenvalue weighted by Crippen LogP contribution is -2.28. The normalized spacial score (nSPS) is 13.9. The van der Waals surface area contributed by atoms with Crippen molar-refractivity contribution in [3.8, 4) is 23.0 Å². The second-order valence-corrected chi connectivity index (χ2v) is 6.71. The van der Waals surface area contributed by atoms with Crippen LogP contribution >= 0.6 is 0 Å². The maximum atomic E-state index is 12.7. The van der Waals surface area contributed by atoms with E-state index >= 15 is 0 Å². The van der Waals surface area contributed by atoms with E-state index in [4.69, 9.17) is 28.9 Å². The van der Waals surface area contributed by atoms with Gasteiger partial charge in [-0.3, -0.25) is 15.3 Å². The van der Waals surface area contributed by atoms with E-state index in [1.807, 2.05) is 0 Å². The molecule has 0 aliphatic carbocycles. The number of methoxy groups -OCH3 is 1. The van der Waals surface area contributed by atoms with Gasteiger partial charge in [-0.15, -0.1) is 0 Å². The number of hydrogen-bond donors (Lipinski definition) is 4. The molecule has 0 saturated heterocycles. The predicted octanol–water partition coefficient (Wildman–Crippen LogP) is 2.89. The SMILES string of the molecule is CCO[C@@H](/C=C/C(=O)NO)[C@@H](OC(=O)Nc1ccc2c(c1)OCO2)c1ccc(OC)c(O)c1. The van der Waals surface area contributed by atoms with E-state index < -0.39 is 24.2 Å². The molecule has 11 heteroatoms. The summed E-state index contributed by atoms with van der Waals surface area (Å²) in [5.74, 6) is 0.303. The van der Waals surface area contributed by atoms with E-state index in [0.29, 0.717) is 22.7 Å². The molecule has 0 unspecified atom stereocenters. The average molecular weight is 460 g/mol. The Morgan fingerprint density at radius 2 is 1.97 bits per heavy atom. The molecule has 4 N–H and O–H groups in total. The summed E-state index contributed by atoms with van der Waals surface area (Å²) in [5.41, 5.74) is 2.26. The van der Waals surface area contributed by atoms with Crippen molar-refractivity contribution in [2.75, 3.05) is 25.8 Å². The third-order valence-electron chi connectivity index (χ3n) is 4.59. The summed E-state index contributed by atoms with van der Waals surface area (Å²) in [4.78, 5) is 24.2. The van der Waals surface area contributed by atoms with Gasteiger partial charge in [-0.1, -0.05) is 6.07 Å². The van der Waals surface area contributed by atoms with Crippen LogP contribution in [0.25, 0.3) is 0 Å². The molecule has 0 radical (unpaired) electrons. The number of hydroxylamine groups is 1. The molecule has 176 valence electrons. The maximum Gasteiger partial charge on any atom is 0.412 e. The van der Waals surface area contributed by atoms with Crippen molar-refractivity contribution in [2.45, 2.75) is 19.1 Å². The number of carbonyl (C=O) groups excluding carboxylic acids is 2. The molecule has 0 bridgehead atoms. The molecule has 33 heavy (non-hydrogen) atoms. The Morgan fingerprint density at radius 3 is 2.67 bits per heavy atom. The molecule has 1 aliphatic heterocycles. The number of anilines is 1. The lowest BCUT2D eigenvalue weighted by molar-refractivity contribution is -0.124. The number of ether oxygens (including phenoxy) is 5. The van der Waals surface area contributed by atoms with Gasteiger partial charge in [0.2, 0.25) is 6.79 Å². The second-order valence-electron chi connectivity index (χ2n) is 6.71. The van der Waals surface area contributed by atoms with Crippen molar-refractivity contribution in [3.05, 3.63) is 54.1 Å². The van der Waals surface area contributed by atoms with Gasteiger partial charge in [0, 0.05) is 24.4 Å². The number of amides is 2. The van der Waals surface area contributed by atoms with Crippen LogP contribution in [0.5, 0.6) is 23.0 Å². The van der Waals surface area contributed by atoms with Crippen molar-refractivity contribution in [2.24, 2.45) is 0 Å². The predicted molar refractivity (Wildman–Crippen MR) is 115 cm³/mol. The number of benzene rings is 2. The van der Waals surface area contributed by atoms with Crippen LogP contribution in [0.1, 0.15) is 18.6 Å². The number of hydrogen-bond acceptors (Lipinski definition) is 9. The lowest BCUT2D eigenvalue weighted by Gasteiger charge is -2.25. The third kappa shape index (κ3) is 6.05. The summed E-state index contributed by atoms with van der Waals surface area (Å²) < 4.78 is 26.9. The molecule has 11 nitrogen and oxygen atoms in total. The van der Waals surface area contributed by atoms with Gasteiger partial charge in [0.15, 0.2) is 29.1 Å². The van der Waals surface area contributed by atoms with Crippen molar-refractivity contribution in [1.29, 1.82) is 0 Å². The Morgan fingerprint density at radius 1 is 1.18 bits per heavy atom. The first-order valence-electron chi connectivity index (χ1n) is 9.93. The van der Waals surface area contributed by atoms with Gasteiger partial charge in [-0.05, 0) is 42.8 Å². The molecule has 2 aromatic rings. The van der Waals surface area contributed by atoms with Crippen molar-refractivity contribution >= 4 is 17.7 Å². The Labute approximate surface area is 189 Å². The van der Waals surface area contributed by atoms with Crippen molar-refractivity contribution in [3.63, 3.8) is 0 Å². The fourth-order valence-electron chi connectivity index (χ4n) is 3.10. The van der Waals surface area contributed by atoms with E-state index in [-0.39, 0.29) is 24.9 Å². The summed E-state index contributed by atoms with van der Waals surface area (Å²) >= 11 is 0. The Bertz CT molecular complexity index is 1020. The van der Waals surface area contributed by atoms with E-state index in [1.165, 1.54) is 30.8 Å². The van der Waals surface area contributed by atoms with E-state index in [1.54, 1.807) is 31.2 Å². The fourth-order valence-corrected chi connectivity index (χ4v) is 3.10. The number of rotatable bonds is 9. The zero-order chi connectivity index (χ0) is 23.8. The highest BCUT2D eigenvalue weighted by atomic mass is 16.7. The summed E-state index contributed by atoms with van der Waals surface area (Å²) in [6.07, 6.45) is -0.454. The van der Waals surface area contributed by atoms with Gasteiger partial charge in [-0.25, -0.2) is 10.3 Å². The molecule has 0 spiro atoms. The summed E-state index contributed by atoms with van der Waals surface area (Å²) in [5, 5.41) is 21.6. The van der Waals surface area contributed by atoms with Crippen LogP contribution in [0.15, 0.2) is 48.6 Å². The van der Waals surface area contributed by atoms with E-state index in [0.717, 1.165) is 6.08 Å². The number of carbonyl (C=O) groups is 2. The van der Waals surface area contributed by atoms with Crippen LogP contribution in [0.3, 0.4) is 0 Å². The molecular weight excluding hydrogens is 436 g/mol. The largest absolute Gasteiger partial charge is 0.504 e. The van der Waals surface area contributed by atoms with Gasteiger partial charge >= 0.3 is 6.09 Å². The smallest absolute Gasteiger partial charge is 0.412 e. The second kappa shape index (κ2) is 11.1. The van der Waals surface area contributed by atoms with Crippen LogP contribution in [0, 0.1) is 0 Å². The Balaban J connectivity index is 1.86. The first-order valence-corrected chi connectivity index (χ1v) is 9.93. The van der Waals surface area contributed by atoms with Gasteiger partial charge < -0.3 is 28.8 Å². The minimum atomic E-state index is -1.07. The molecule has 0 aromatic heterocycles. The molecule has 1 aliphatic rings. The lowest BCUT2D eigenvalue weighted by atomic mass is 10.0. The van der Waals surface area contributed by atoms with Gasteiger partial charge in [-0.2, -0.15) is 0 Å². The van der Waals surface area contributed by atoms with E-state index in [9.17, 15) is 14.7 Å². The monoisotopic (exact) mass is 460 g/mol. The molecule has 1 heterocycles. The zero-order valence-corrected chi connectivity index (χ0v) is 17.9. The highest BCUT2D eigenvalue weighted by molar-refractivity contribution is 5.87. The van der Waals surface area contributed by atoms with Crippen molar-refractivity contribution < 1.29 is 43.6 Å². The number of aromatic hydroxyl groups is 1. The van der Waals surface area contributed by atoms with Crippen LogP contribution in [0.2, 0.25) is 0 Å². The number of nitrogens with one attached hydrogen (secondary N) is 2. The number of phenolic OH excluding ortho intramolecular Hbond substituents is 1. The Kier molecular flexibility index (Phi) is 7.95. The highest BCUT2D eigenvalue weighted by Crippen LogP contribution is 2.35. The minimum absolute atomic E-state index is 0.0933. The summed E-state index contributed by atoms with van der Waals surface area (Å²) in [6, 6.07) is 9.31. The molecule has 3 rings (SSSR count). The topological polar surface area (TPSA) is 145 Å². The molecule has 2 atom stereocenters. The molecular formula is C22H24N2O9. The van der Waals surface area contributed by atoms with Gasteiger partial charge in [0.25, 0.3) is 5.91 Å². The Hall–Kier alpha value is -3.96. The molecule has 2 aromatic carbocycles. The van der Waals surface area contributed by atoms with Crippen molar-refractivity contribution in [1.82, 2.24) is 5.48 Å². The summed E-state index contributed by atoms with van der Waals surface area (Å²) in [6.45, 7) is 2.04. The first-order chi connectivity index (χ1) is 15.9.